The Hall–Kier alpha value is -2.78. The van der Waals surface area contributed by atoms with Gasteiger partial charge in [0.15, 0.2) is 10.8 Å². The van der Waals surface area contributed by atoms with Crippen LogP contribution in [0.5, 0.6) is 0 Å². The number of methoxy groups -OCH3 is 1. The number of aliphatic carboxylic acids is 1. The Balaban J connectivity index is 1.83. The average molecular weight is 478 g/mol. The van der Waals surface area contributed by atoms with Gasteiger partial charge in [0.1, 0.15) is 11.9 Å². The number of hydrogen-bond donors (Lipinski definition) is 2. The lowest BCUT2D eigenvalue weighted by atomic mass is 9.78. The molecule has 1 unspecified atom stereocenters. The van der Waals surface area contributed by atoms with Crippen molar-refractivity contribution in [2.45, 2.75) is 31.7 Å². The molecule has 0 radical (unpaired) electrons. The number of carbonyl (C=O) groups is 2. The maximum absolute atomic E-state index is 14.3. The Bertz CT molecular complexity index is 1090. The van der Waals surface area contributed by atoms with Gasteiger partial charge in [-0.3, -0.25) is 9.79 Å². The number of amidine groups is 1. The first-order valence-corrected chi connectivity index (χ1v) is 11.4. The number of nitrogens with zero attached hydrogens (tertiary/aromatic N) is 2. The van der Waals surface area contributed by atoms with Gasteiger partial charge < -0.3 is 15.2 Å². The minimum Gasteiger partial charge on any atom is -0.481 e. The normalized spacial score (nSPS) is 23.3. The fourth-order valence-electron chi connectivity index (χ4n) is 4.26. The highest BCUT2D eigenvalue weighted by atomic mass is 35.5. The van der Waals surface area contributed by atoms with Gasteiger partial charge in [0.25, 0.3) is 0 Å². The maximum Gasteiger partial charge on any atom is 0.338 e. The number of nitrogens with one attached hydrogen (secondary N) is 1. The van der Waals surface area contributed by atoms with Gasteiger partial charge in [0, 0.05) is 22.8 Å². The van der Waals surface area contributed by atoms with Gasteiger partial charge in [-0.25, -0.2) is 14.2 Å². The highest BCUT2D eigenvalue weighted by molar-refractivity contribution is 7.11. The van der Waals surface area contributed by atoms with Crippen molar-refractivity contribution in [3.05, 3.63) is 62.5 Å². The zero-order chi connectivity index (χ0) is 22.8. The monoisotopic (exact) mass is 477 g/mol. The van der Waals surface area contributed by atoms with Gasteiger partial charge in [-0.15, -0.1) is 11.3 Å². The van der Waals surface area contributed by atoms with Crippen molar-refractivity contribution >= 4 is 40.7 Å². The summed E-state index contributed by atoms with van der Waals surface area (Å²) in [5.74, 6) is -2.08. The maximum atomic E-state index is 14.3. The highest BCUT2D eigenvalue weighted by Gasteiger charge is 2.38. The number of aromatic nitrogens is 1. The van der Waals surface area contributed by atoms with E-state index in [4.69, 9.17) is 16.3 Å². The van der Waals surface area contributed by atoms with Crippen LogP contribution in [0.15, 0.2) is 46.0 Å². The Morgan fingerprint density at radius 1 is 1.28 bits per heavy atom. The molecule has 2 aromatic rings. The molecular formula is C22H21ClFN3O4S. The Kier molecular flexibility index (Phi) is 6.57. The first kappa shape index (κ1) is 22.4. The molecule has 2 heterocycles. The lowest BCUT2D eigenvalue weighted by molar-refractivity contribution is -0.143. The third-order valence-electron chi connectivity index (χ3n) is 5.88. The lowest BCUT2D eigenvalue weighted by Crippen LogP contribution is -2.38. The standard InChI is InChI=1S/C22H21ClFN3O4S/c1-31-22(30)15-17(11-5-7-12(8-6-11)21(28)29)26-19(20-25-9-10-32-20)27-18(15)13-3-2-4-14(24)16(13)23/h2-4,9-12,18H,5-8H2,1H3,(H,26,27)(H,28,29). The van der Waals surface area contributed by atoms with Crippen LogP contribution in [-0.4, -0.2) is 35.0 Å². The number of esters is 1. The van der Waals surface area contributed by atoms with E-state index in [-0.39, 0.29) is 16.5 Å². The van der Waals surface area contributed by atoms with E-state index in [9.17, 15) is 19.1 Å². The van der Waals surface area contributed by atoms with Crippen molar-refractivity contribution in [2.24, 2.45) is 16.8 Å². The molecule has 0 spiro atoms. The fraction of sp³-hybridized carbons (Fsp3) is 0.364. The van der Waals surface area contributed by atoms with E-state index in [1.807, 2.05) is 0 Å². The number of carboxylic acids is 1. The number of allylic oxidation sites excluding steroid dienone is 1. The molecule has 10 heteroatoms. The number of benzene rings is 1. The number of aliphatic imine (C=N–C) groups is 1. The van der Waals surface area contributed by atoms with Crippen LogP contribution in [0.25, 0.3) is 0 Å². The van der Waals surface area contributed by atoms with E-state index in [1.54, 1.807) is 17.6 Å². The van der Waals surface area contributed by atoms with Gasteiger partial charge in [0.2, 0.25) is 0 Å². The summed E-state index contributed by atoms with van der Waals surface area (Å²) in [6.45, 7) is 0. The fourth-order valence-corrected chi connectivity index (χ4v) is 5.07. The molecule has 32 heavy (non-hydrogen) atoms. The van der Waals surface area contributed by atoms with Crippen molar-refractivity contribution in [1.82, 2.24) is 10.3 Å². The number of carboxylic acid groups (broad SMARTS) is 1. The SMILES string of the molecule is COC(=O)C1=C(C2CCC(C(=O)O)CC2)NC(c2nccs2)=NC1c1cccc(F)c1Cl. The summed E-state index contributed by atoms with van der Waals surface area (Å²) >= 11 is 7.66. The summed E-state index contributed by atoms with van der Waals surface area (Å²) in [6, 6.07) is 3.50. The van der Waals surface area contributed by atoms with Crippen LogP contribution in [0.2, 0.25) is 5.02 Å². The van der Waals surface area contributed by atoms with E-state index in [1.165, 1.54) is 30.6 Å². The molecule has 1 fully saturated rings. The molecule has 1 saturated carbocycles. The number of rotatable bonds is 5. The molecule has 7 nitrogen and oxygen atoms in total. The Labute approximate surface area is 193 Å². The van der Waals surface area contributed by atoms with Crippen molar-refractivity contribution in [3.8, 4) is 0 Å². The molecule has 1 aromatic heterocycles. The number of thiazole rings is 1. The first-order valence-electron chi connectivity index (χ1n) is 10.1. The molecule has 1 aliphatic carbocycles. The van der Waals surface area contributed by atoms with Gasteiger partial charge in [0.05, 0.1) is 23.6 Å². The lowest BCUT2D eigenvalue weighted by Gasteiger charge is -2.34. The van der Waals surface area contributed by atoms with E-state index >= 15 is 0 Å². The molecule has 0 bridgehead atoms. The third-order valence-corrected chi connectivity index (χ3v) is 7.05. The second kappa shape index (κ2) is 9.38. The molecular weight excluding hydrogens is 457 g/mol. The van der Waals surface area contributed by atoms with Crippen LogP contribution in [0.1, 0.15) is 42.3 Å². The molecule has 2 aliphatic rings. The van der Waals surface area contributed by atoms with Crippen molar-refractivity contribution < 1.29 is 23.8 Å². The van der Waals surface area contributed by atoms with Crippen LogP contribution in [-0.2, 0) is 14.3 Å². The van der Waals surface area contributed by atoms with Gasteiger partial charge in [-0.1, -0.05) is 23.7 Å². The van der Waals surface area contributed by atoms with Gasteiger partial charge in [-0.05, 0) is 37.7 Å². The van der Waals surface area contributed by atoms with Crippen molar-refractivity contribution in [1.29, 1.82) is 0 Å². The minimum absolute atomic E-state index is 0.111. The topological polar surface area (TPSA) is 101 Å². The van der Waals surface area contributed by atoms with Gasteiger partial charge >= 0.3 is 11.9 Å². The Morgan fingerprint density at radius 3 is 2.66 bits per heavy atom. The smallest absolute Gasteiger partial charge is 0.338 e. The van der Waals surface area contributed by atoms with Crippen LogP contribution >= 0.6 is 22.9 Å². The third kappa shape index (κ3) is 4.27. The second-order valence-electron chi connectivity index (χ2n) is 7.69. The average Bonchev–Trinajstić information content (AvgIpc) is 3.35. The second-order valence-corrected chi connectivity index (χ2v) is 8.96. The predicted octanol–water partition coefficient (Wildman–Crippen LogP) is 4.34. The number of halogens is 2. The largest absolute Gasteiger partial charge is 0.481 e. The van der Waals surface area contributed by atoms with Crippen LogP contribution < -0.4 is 5.32 Å². The summed E-state index contributed by atoms with van der Waals surface area (Å²) in [4.78, 5) is 33.3. The van der Waals surface area contributed by atoms with Crippen LogP contribution in [0.3, 0.4) is 0 Å². The minimum atomic E-state index is -0.891. The zero-order valence-electron chi connectivity index (χ0n) is 17.2. The molecule has 0 saturated heterocycles. The molecule has 0 amide bonds. The van der Waals surface area contributed by atoms with E-state index in [2.05, 4.69) is 15.3 Å². The predicted molar refractivity (Wildman–Crippen MR) is 118 cm³/mol. The number of hydrogen-bond acceptors (Lipinski definition) is 7. The summed E-state index contributed by atoms with van der Waals surface area (Å²) in [5, 5.41) is 14.9. The number of ether oxygens (including phenoxy) is 1. The van der Waals surface area contributed by atoms with E-state index in [0.29, 0.717) is 47.8 Å². The first-order chi connectivity index (χ1) is 15.4. The molecule has 168 valence electrons. The molecule has 4 rings (SSSR count). The van der Waals surface area contributed by atoms with Gasteiger partial charge in [-0.2, -0.15) is 0 Å². The molecule has 1 aromatic carbocycles. The van der Waals surface area contributed by atoms with Crippen LogP contribution in [0, 0.1) is 17.7 Å². The van der Waals surface area contributed by atoms with Crippen LogP contribution in [0.4, 0.5) is 4.39 Å². The molecule has 1 atom stereocenters. The quantitative estimate of drug-likeness (QED) is 0.621. The van der Waals surface area contributed by atoms with Crippen molar-refractivity contribution in [2.75, 3.05) is 7.11 Å². The summed E-state index contributed by atoms with van der Waals surface area (Å²) in [5.41, 5.74) is 1.20. The van der Waals surface area contributed by atoms with Crippen molar-refractivity contribution in [3.63, 3.8) is 0 Å². The van der Waals surface area contributed by atoms with E-state index in [0.717, 1.165) is 0 Å². The molecule has 2 N–H and O–H groups in total. The summed E-state index contributed by atoms with van der Waals surface area (Å²) in [6.07, 6.45) is 3.79. The highest BCUT2D eigenvalue weighted by Crippen LogP contribution is 2.42. The van der Waals surface area contributed by atoms with E-state index < -0.39 is 29.7 Å². The summed E-state index contributed by atoms with van der Waals surface area (Å²) in [7, 11) is 1.28. The summed E-state index contributed by atoms with van der Waals surface area (Å²) < 4.78 is 19.4. The Morgan fingerprint density at radius 2 is 2.03 bits per heavy atom. The zero-order valence-corrected chi connectivity index (χ0v) is 18.8. The number of carbonyl (C=O) groups excluding carboxylic acids is 1. The molecule has 1 aliphatic heterocycles.